The van der Waals surface area contributed by atoms with Gasteiger partial charge in [-0.2, -0.15) is 0 Å². The number of nitrogens with zero attached hydrogens (tertiary/aromatic N) is 1. The molecule has 0 fully saturated rings. The molecule has 4 nitrogen and oxygen atoms in total. The zero-order valence-corrected chi connectivity index (χ0v) is 26.6. The van der Waals surface area contributed by atoms with Crippen molar-refractivity contribution >= 4 is 5.97 Å². The van der Waals surface area contributed by atoms with Crippen LogP contribution in [0.4, 0.5) is 0 Å². The lowest BCUT2D eigenvalue weighted by Gasteiger charge is -2.36. The summed E-state index contributed by atoms with van der Waals surface area (Å²) in [6, 6.07) is 32.9. The zero-order chi connectivity index (χ0) is 30.9. The molecule has 0 bridgehead atoms. The number of benzene rings is 4. The number of aliphatic hydroxyl groups excluding tert-OH is 1. The summed E-state index contributed by atoms with van der Waals surface area (Å²) < 4.78 is 6.36. The molecule has 4 aromatic carbocycles. The van der Waals surface area contributed by atoms with Crippen LogP contribution in [0.15, 0.2) is 97.1 Å². The number of esters is 1. The van der Waals surface area contributed by atoms with Crippen LogP contribution in [0.25, 0.3) is 0 Å². The second-order valence-electron chi connectivity index (χ2n) is 12.1. The van der Waals surface area contributed by atoms with E-state index in [1.807, 2.05) is 60.7 Å². The molecule has 0 unspecified atom stereocenters. The molecule has 43 heavy (non-hydrogen) atoms. The van der Waals surface area contributed by atoms with Crippen molar-refractivity contribution in [3.05, 3.63) is 142 Å². The third kappa shape index (κ3) is 8.65. The lowest BCUT2D eigenvalue weighted by Crippen LogP contribution is -2.40. The fourth-order valence-corrected chi connectivity index (χ4v) is 5.89. The van der Waals surface area contributed by atoms with Gasteiger partial charge in [0, 0.05) is 19.1 Å². The van der Waals surface area contributed by atoms with E-state index in [4.69, 9.17) is 4.74 Å². The average molecular weight is 578 g/mol. The summed E-state index contributed by atoms with van der Waals surface area (Å²) >= 11 is 0. The van der Waals surface area contributed by atoms with E-state index in [0.717, 1.165) is 24.2 Å². The van der Waals surface area contributed by atoms with E-state index in [1.165, 1.54) is 33.4 Å². The molecule has 4 heteroatoms. The summed E-state index contributed by atoms with van der Waals surface area (Å²) in [5, 5.41) is 11.0. The van der Waals surface area contributed by atoms with Crippen LogP contribution in [0, 0.1) is 33.6 Å². The Labute approximate surface area is 258 Å². The molecule has 4 rings (SSSR count). The molecule has 4 atom stereocenters. The smallest absolute Gasteiger partial charge is 0.311 e. The second-order valence-corrected chi connectivity index (χ2v) is 12.1. The number of hydrogen-bond donors (Lipinski definition) is 1. The normalized spacial score (nSPS) is 14.2. The fraction of sp³-hybridized carbons (Fsp3) is 0.359. The minimum absolute atomic E-state index is 0.139. The molecule has 0 spiro atoms. The van der Waals surface area contributed by atoms with Gasteiger partial charge in [0.2, 0.25) is 0 Å². The highest BCUT2D eigenvalue weighted by Gasteiger charge is 2.32. The predicted octanol–water partition coefficient (Wildman–Crippen LogP) is 8.23. The Morgan fingerprint density at radius 3 is 1.98 bits per heavy atom. The third-order valence-corrected chi connectivity index (χ3v) is 8.74. The fourth-order valence-electron chi connectivity index (χ4n) is 5.89. The van der Waals surface area contributed by atoms with Gasteiger partial charge in [-0.1, -0.05) is 103 Å². The lowest BCUT2D eigenvalue weighted by atomic mass is 9.95. The highest BCUT2D eigenvalue weighted by Crippen LogP contribution is 2.31. The largest absolute Gasteiger partial charge is 0.456 e. The summed E-state index contributed by atoms with van der Waals surface area (Å²) in [6.45, 7) is 14.0. The molecule has 0 aromatic heterocycles. The van der Waals surface area contributed by atoms with E-state index in [1.54, 1.807) is 6.92 Å². The third-order valence-electron chi connectivity index (χ3n) is 8.74. The van der Waals surface area contributed by atoms with Crippen molar-refractivity contribution in [3.8, 4) is 0 Å². The lowest BCUT2D eigenvalue weighted by molar-refractivity contribution is -0.161. The summed E-state index contributed by atoms with van der Waals surface area (Å²) in [6.07, 6.45) is -0.0950. The van der Waals surface area contributed by atoms with E-state index in [9.17, 15) is 9.90 Å². The first kappa shape index (κ1) is 32.2. The van der Waals surface area contributed by atoms with Crippen LogP contribution in [0.3, 0.4) is 0 Å². The first-order chi connectivity index (χ1) is 20.6. The number of carbonyl (C=O) groups excluding carboxylic acids is 1. The van der Waals surface area contributed by atoms with Crippen LogP contribution >= 0.6 is 0 Å². The van der Waals surface area contributed by atoms with Crippen LogP contribution < -0.4 is 0 Å². The van der Waals surface area contributed by atoms with Gasteiger partial charge in [0.25, 0.3) is 0 Å². The topological polar surface area (TPSA) is 49.8 Å². The van der Waals surface area contributed by atoms with E-state index >= 15 is 0 Å². The Morgan fingerprint density at radius 1 is 0.767 bits per heavy atom. The van der Waals surface area contributed by atoms with Crippen LogP contribution in [0.2, 0.25) is 0 Å². The second kappa shape index (κ2) is 15.1. The van der Waals surface area contributed by atoms with Gasteiger partial charge < -0.3 is 9.84 Å². The van der Waals surface area contributed by atoms with Crippen molar-refractivity contribution in [3.63, 3.8) is 0 Å². The number of aliphatic hydroxyl groups is 1. The van der Waals surface area contributed by atoms with Gasteiger partial charge >= 0.3 is 5.97 Å². The summed E-state index contributed by atoms with van der Waals surface area (Å²) in [7, 11) is 0. The van der Waals surface area contributed by atoms with Crippen LogP contribution in [0.5, 0.6) is 0 Å². The standard InChI is InChI=1S/C39H47NO3/c1-27-23-29(3)36(30(4)24-27)26-40(25-35-20-14-13-15-28(35)2)32(6)38(34-18-11-8-12-19-34)43-39(42)31(5)37(41)22-21-33-16-9-7-10-17-33/h7-20,23-24,31-32,37-38,41H,21-22,25-26H2,1-6H3/t31-,32+,37+,38+/m1/s1. The maximum absolute atomic E-state index is 13.6. The molecule has 226 valence electrons. The predicted molar refractivity (Wildman–Crippen MR) is 176 cm³/mol. The molecule has 0 radical (unpaired) electrons. The van der Waals surface area contributed by atoms with Gasteiger partial charge in [-0.3, -0.25) is 9.69 Å². The van der Waals surface area contributed by atoms with E-state index < -0.39 is 18.1 Å². The van der Waals surface area contributed by atoms with Crippen molar-refractivity contribution in [2.45, 2.75) is 85.7 Å². The minimum atomic E-state index is -0.791. The quantitative estimate of drug-likeness (QED) is 0.163. The number of aryl methyl sites for hydroxylation is 5. The Kier molecular flexibility index (Phi) is 11.3. The Morgan fingerprint density at radius 2 is 1.35 bits per heavy atom. The van der Waals surface area contributed by atoms with Gasteiger partial charge in [-0.25, -0.2) is 0 Å². The average Bonchev–Trinajstić information content (AvgIpc) is 3.00. The van der Waals surface area contributed by atoms with Gasteiger partial charge in [0.15, 0.2) is 0 Å². The highest BCUT2D eigenvalue weighted by molar-refractivity contribution is 5.73. The molecular weight excluding hydrogens is 530 g/mol. The molecule has 0 saturated heterocycles. The Balaban J connectivity index is 1.61. The van der Waals surface area contributed by atoms with Crippen molar-refractivity contribution in [1.82, 2.24) is 4.90 Å². The molecular formula is C39H47NO3. The van der Waals surface area contributed by atoms with Crippen molar-refractivity contribution in [2.24, 2.45) is 5.92 Å². The maximum atomic E-state index is 13.6. The van der Waals surface area contributed by atoms with Crippen molar-refractivity contribution in [2.75, 3.05) is 0 Å². The number of ether oxygens (including phenoxy) is 1. The molecule has 0 aliphatic rings. The van der Waals surface area contributed by atoms with Gasteiger partial charge in [-0.15, -0.1) is 0 Å². The maximum Gasteiger partial charge on any atom is 0.311 e. The SMILES string of the molecule is Cc1cc(C)c(CN(Cc2ccccc2C)[C@@H](C)[C@H](OC(=O)[C@H](C)[C@@H](O)CCc2ccccc2)c2ccccc2)c(C)c1. The Bertz CT molecular complexity index is 1440. The highest BCUT2D eigenvalue weighted by atomic mass is 16.5. The summed E-state index contributed by atoms with van der Waals surface area (Å²) in [5.41, 5.74) is 9.67. The first-order valence-electron chi connectivity index (χ1n) is 15.5. The molecule has 4 aromatic rings. The molecule has 0 heterocycles. The molecule has 1 N–H and O–H groups in total. The van der Waals surface area contributed by atoms with E-state index in [0.29, 0.717) is 12.8 Å². The van der Waals surface area contributed by atoms with Crippen LogP contribution in [-0.2, 0) is 29.0 Å². The summed E-state index contributed by atoms with van der Waals surface area (Å²) in [4.78, 5) is 16.0. The molecule has 0 amide bonds. The van der Waals surface area contributed by atoms with Crippen molar-refractivity contribution in [1.29, 1.82) is 0 Å². The van der Waals surface area contributed by atoms with Gasteiger partial charge in [-0.05, 0) is 93.3 Å². The monoisotopic (exact) mass is 577 g/mol. The number of rotatable bonds is 13. The van der Waals surface area contributed by atoms with E-state index in [-0.39, 0.29) is 12.0 Å². The Hall–Kier alpha value is -3.73. The minimum Gasteiger partial charge on any atom is -0.456 e. The first-order valence-corrected chi connectivity index (χ1v) is 15.5. The number of hydrogen-bond acceptors (Lipinski definition) is 4. The molecule has 0 aliphatic carbocycles. The number of carbonyl (C=O) groups is 1. The zero-order valence-electron chi connectivity index (χ0n) is 26.6. The van der Waals surface area contributed by atoms with Gasteiger partial charge in [0.1, 0.15) is 6.10 Å². The van der Waals surface area contributed by atoms with Crippen LogP contribution in [-0.4, -0.2) is 28.1 Å². The molecule has 0 saturated carbocycles. The summed E-state index contributed by atoms with van der Waals surface area (Å²) in [5.74, 6) is -1.02. The van der Waals surface area contributed by atoms with Crippen molar-refractivity contribution < 1.29 is 14.6 Å². The van der Waals surface area contributed by atoms with E-state index in [2.05, 4.69) is 75.9 Å². The van der Waals surface area contributed by atoms with Crippen LogP contribution in [0.1, 0.15) is 70.9 Å². The van der Waals surface area contributed by atoms with Gasteiger partial charge in [0.05, 0.1) is 12.0 Å². The molecule has 0 aliphatic heterocycles.